The van der Waals surface area contributed by atoms with E-state index < -0.39 is 11.8 Å². The molecule has 0 amide bonds. The Morgan fingerprint density at radius 1 is 0.852 bits per heavy atom. The van der Waals surface area contributed by atoms with E-state index in [1.807, 2.05) is 24.3 Å². The summed E-state index contributed by atoms with van der Waals surface area (Å²) in [5, 5.41) is 0. The first kappa shape index (κ1) is 18.1. The molecule has 0 heterocycles. The van der Waals surface area contributed by atoms with Crippen LogP contribution in [0.15, 0.2) is 79.4 Å². The topological polar surface area (TPSA) is 52.6 Å². The lowest BCUT2D eigenvalue weighted by Crippen LogP contribution is -2.02. The molecule has 3 rings (SSSR count). The molecule has 0 atom stereocenters. The monoisotopic (exact) mass is 362 g/mol. The first-order valence-corrected chi connectivity index (χ1v) is 8.05. The Balaban J connectivity index is 1.80. The number of hydrogen-bond donors (Lipinski definition) is 0. The minimum absolute atomic E-state index is 0.153. The van der Waals surface area contributed by atoms with E-state index in [0.717, 1.165) is 17.2 Å². The highest BCUT2D eigenvalue weighted by atomic mass is 19.1. The molecule has 0 aliphatic rings. The minimum Gasteiger partial charge on any atom is -0.429 e. The van der Waals surface area contributed by atoms with Crippen LogP contribution in [0.2, 0.25) is 0 Å². The van der Waals surface area contributed by atoms with Gasteiger partial charge in [0, 0.05) is 17.7 Å². The van der Waals surface area contributed by atoms with Crippen molar-refractivity contribution in [2.75, 3.05) is 0 Å². The average Bonchev–Trinajstić information content (AvgIpc) is 2.69. The summed E-state index contributed by atoms with van der Waals surface area (Å²) < 4.78 is 23.9. The molecular formula is C22H15FO4. The van der Waals surface area contributed by atoms with Gasteiger partial charge in [-0.05, 0) is 41.0 Å². The highest BCUT2D eigenvalue weighted by molar-refractivity contribution is 5.83. The summed E-state index contributed by atoms with van der Waals surface area (Å²) in [6.45, 7) is 3.61. The molecule has 0 unspecified atom stereocenters. The Kier molecular flexibility index (Phi) is 5.42. The van der Waals surface area contributed by atoms with Gasteiger partial charge in [0.15, 0.2) is 0 Å². The molecule has 0 aliphatic heterocycles. The second-order valence-corrected chi connectivity index (χ2v) is 5.58. The summed E-state index contributed by atoms with van der Waals surface area (Å²) >= 11 is 0. The molecule has 5 heteroatoms. The lowest BCUT2D eigenvalue weighted by atomic mass is 10.00. The Morgan fingerprint density at radius 3 is 1.96 bits per heavy atom. The zero-order valence-corrected chi connectivity index (χ0v) is 14.2. The van der Waals surface area contributed by atoms with E-state index in [1.165, 1.54) is 12.1 Å². The Morgan fingerprint density at radius 2 is 1.41 bits per heavy atom. The van der Waals surface area contributed by atoms with Crippen molar-refractivity contribution in [3.8, 4) is 33.8 Å². The molecule has 4 nitrogen and oxygen atoms in total. The smallest absolute Gasteiger partial charge is 0.335 e. The second-order valence-electron chi connectivity index (χ2n) is 5.58. The van der Waals surface area contributed by atoms with Crippen LogP contribution in [0.5, 0.6) is 11.5 Å². The minimum atomic E-state index is -0.515. The third kappa shape index (κ3) is 4.27. The van der Waals surface area contributed by atoms with Gasteiger partial charge < -0.3 is 9.47 Å². The molecule has 3 aromatic carbocycles. The Bertz CT molecular complexity index is 976. The van der Waals surface area contributed by atoms with Gasteiger partial charge in [-0.15, -0.1) is 0 Å². The van der Waals surface area contributed by atoms with Gasteiger partial charge in [0.25, 0.3) is 6.47 Å². The molecule has 27 heavy (non-hydrogen) atoms. The van der Waals surface area contributed by atoms with Crippen molar-refractivity contribution >= 4 is 12.4 Å². The van der Waals surface area contributed by atoms with E-state index in [0.29, 0.717) is 16.9 Å². The van der Waals surface area contributed by atoms with Gasteiger partial charge >= 0.3 is 5.97 Å². The molecule has 0 saturated heterocycles. The van der Waals surface area contributed by atoms with E-state index in [9.17, 15) is 14.0 Å². The first-order chi connectivity index (χ1) is 13.1. The fourth-order valence-electron chi connectivity index (χ4n) is 2.57. The predicted molar refractivity (Wildman–Crippen MR) is 99.8 cm³/mol. The van der Waals surface area contributed by atoms with Gasteiger partial charge in [0.05, 0.1) is 0 Å². The van der Waals surface area contributed by atoms with Crippen molar-refractivity contribution in [2.45, 2.75) is 0 Å². The number of rotatable bonds is 6. The van der Waals surface area contributed by atoms with Gasteiger partial charge in [-0.2, -0.15) is 0 Å². The van der Waals surface area contributed by atoms with Gasteiger partial charge in [-0.3, -0.25) is 4.79 Å². The molecule has 0 spiro atoms. The molecule has 0 fully saturated rings. The molecule has 3 aromatic rings. The summed E-state index contributed by atoms with van der Waals surface area (Å²) in [4.78, 5) is 21.5. The molecule has 0 N–H and O–H groups in total. The van der Waals surface area contributed by atoms with Crippen molar-refractivity contribution in [2.24, 2.45) is 0 Å². The van der Waals surface area contributed by atoms with Crippen LogP contribution < -0.4 is 9.47 Å². The van der Waals surface area contributed by atoms with Crippen molar-refractivity contribution < 1.29 is 23.5 Å². The predicted octanol–water partition coefficient (Wildman–Crippen LogP) is 4.79. The third-order valence-corrected chi connectivity index (χ3v) is 3.89. The zero-order chi connectivity index (χ0) is 19.2. The number of carbonyl (C=O) groups excluding carboxylic acids is 2. The molecule has 0 aromatic heterocycles. The summed E-state index contributed by atoms with van der Waals surface area (Å²) in [5.74, 6) is -0.408. The second kappa shape index (κ2) is 8.10. The van der Waals surface area contributed by atoms with Crippen molar-refractivity contribution in [3.05, 3.63) is 85.2 Å². The number of hydrogen-bond acceptors (Lipinski definition) is 4. The van der Waals surface area contributed by atoms with E-state index in [1.54, 1.807) is 30.3 Å². The number of esters is 1. The van der Waals surface area contributed by atoms with Crippen LogP contribution in [0.25, 0.3) is 22.3 Å². The van der Waals surface area contributed by atoms with Gasteiger partial charge in [-0.25, -0.2) is 9.18 Å². The normalized spacial score (nSPS) is 10.1. The van der Waals surface area contributed by atoms with Crippen LogP contribution in [0.1, 0.15) is 0 Å². The van der Waals surface area contributed by atoms with Crippen molar-refractivity contribution in [3.63, 3.8) is 0 Å². The average molecular weight is 362 g/mol. The maximum atomic E-state index is 14.2. The summed E-state index contributed by atoms with van der Waals surface area (Å²) in [6, 6.07) is 18.6. The standard InChI is InChI=1S/C22H15FO4/c1-2-22(25)27-18-9-7-16(8-10-18)15-3-5-17(6-4-15)20-12-11-19(26-14-24)13-21(20)23/h2-14H,1H2. The largest absolute Gasteiger partial charge is 0.429 e. The lowest BCUT2D eigenvalue weighted by Gasteiger charge is -2.08. The lowest BCUT2D eigenvalue weighted by molar-refractivity contribution is -0.129. The SMILES string of the molecule is C=CC(=O)Oc1ccc(-c2ccc(-c3ccc(OC=O)cc3F)cc2)cc1. The number of benzene rings is 3. The first-order valence-electron chi connectivity index (χ1n) is 8.05. The van der Waals surface area contributed by atoms with E-state index in [4.69, 9.17) is 4.74 Å². The summed E-state index contributed by atoms with van der Waals surface area (Å²) in [5.41, 5.74) is 2.97. The van der Waals surface area contributed by atoms with E-state index in [-0.39, 0.29) is 12.2 Å². The fraction of sp³-hybridized carbons (Fsp3) is 0. The number of halogens is 1. The van der Waals surface area contributed by atoms with Gasteiger partial charge in [0.2, 0.25) is 0 Å². The van der Waals surface area contributed by atoms with Crippen LogP contribution >= 0.6 is 0 Å². The van der Waals surface area contributed by atoms with Crippen LogP contribution in [-0.4, -0.2) is 12.4 Å². The Labute approximate surface area is 155 Å². The maximum Gasteiger partial charge on any atom is 0.335 e. The molecular weight excluding hydrogens is 347 g/mol. The third-order valence-electron chi connectivity index (χ3n) is 3.89. The van der Waals surface area contributed by atoms with Gasteiger partial charge in [0.1, 0.15) is 17.3 Å². The van der Waals surface area contributed by atoms with Crippen molar-refractivity contribution in [1.29, 1.82) is 0 Å². The Hall–Kier alpha value is -3.73. The fourth-order valence-corrected chi connectivity index (χ4v) is 2.57. The highest BCUT2D eigenvalue weighted by Crippen LogP contribution is 2.29. The molecule has 0 bridgehead atoms. The van der Waals surface area contributed by atoms with Crippen molar-refractivity contribution in [1.82, 2.24) is 0 Å². The zero-order valence-electron chi connectivity index (χ0n) is 14.2. The van der Waals surface area contributed by atoms with Crippen LogP contribution in [-0.2, 0) is 9.59 Å². The van der Waals surface area contributed by atoms with E-state index in [2.05, 4.69) is 11.3 Å². The quantitative estimate of drug-likeness (QED) is 0.274. The summed E-state index contributed by atoms with van der Waals surface area (Å²) in [7, 11) is 0. The van der Waals surface area contributed by atoms with Gasteiger partial charge in [-0.1, -0.05) is 43.0 Å². The van der Waals surface area contributed by atoms with E-state index >= 15 is 0 Å². The molecule has 0 saturated carbocycles. The molecule has 0 radical (unpaired) electrons. The molecule has 0 aliphatic carbocycles. The van der Waals surface area contributed by atoms with Crippen LogP contribution in [0.3, 0.4) is 0 Å². The highest BCUT2D eigenvalue weighted by Gasteiger charge is 2.08. The summed E-state index contributed by atoms with van der Waals surface area (Å²) in [6.07, 6.45) is 1.10. The number of carbonyl (C=O) groups is 2. The molecule has 134 valence electrons. The maximum absolute atomic E-state index is 14.2. The van der Waals surface area contributed by atoms with Crippen LogP contribution in [0, 0.1) is 5.82 Å². The number of ether oxygens (including phenoxy) is 2. The van der Waals surface area contributed by atoms with Crippen LogP contribution in [0.4, 0.5) is 4.39 Å².